The highest BCUT2D eigenvalue weighted by Gasteiger charge is 2.18. The van der Waals surface area contributed by atoms with E-state index >= 15 is 0 Å². The molecule has 30 heavy (non-hydrogen) atoms. The van der Waals surface area contributed by atoms with Gasteiger partial charge < -0.3 is 19.5 Å². The second-order valence-corrected chi connectivity index (χ2v) is 6.55. The van der Waals surface area contributed by atoms with Gasteiger partial charge in [0.1, 0.15) is 5.69 Å². The van der Waals surface area contributed by atoms with Crippen molar-refractivity contribution in [2.45, 2.75) is 19.8 Å². The van der Waals surface area contributed by atoms with Crippen molar-refractivity contribution in [2.75, 3.05) is 25.6 Å². The molecular weight excluding hydrogens is 416 g/mol. The summed E-state index contributed by atoms with van der Waals surface area (Å²) in [5.74, 6) is -0.633. The quantitative estimate of drug-likeness (QED) is 0.256. The number of anilines is 1. The van der Waals surface area contributed by atoms with Crippen molar-refractivity contribution >= 4 is 34.9 Å². The topological polar surface area (TPSA) is 117 Å². The Kier molecular flexibility index (Phi) is 8.42. The number of ether oxygens (including phenoxy) is 3. The predicted molar refractivity (Wildman–Crippen MR) is 110 cm³/mol. The maximum atomic E-state index is 12.2. The highest BCUT2D eigenvalue weighted by Crippen LogP contribution is 2.29. The van der Waals surface area contributed by atoms with Gasteiger partial charge >= 0.3 is 5.97 Å². The zero-order chi connectivity index (χ0) is 22.1. The number of methoxy groups -OCH3 is 1. The van der Waals surface area contributed by atoms with Crippen molar-refractivity contribution in [1.82, 2.24) is 0 Å². The number of nitro groups is 1. The van der Waals surface area contributed by atoms with Crippen LogP contribution in [0, 0.1) is 10.1 Å². The minimum atomic E-state index is -0.755. The summed E-state index contributed by atoms with van der Waals surface area (Å²) in [5.41, 5.74) is -0.258. The molecule has 0 aliphatic carbocycles. The first-order valence-electron chi connectivity index (χ1n) is 9.07. The first-order chi connectivity index (χ1) is 14.3. The number of unbranched alkanes of at least 4 members (excludes halogenated alkanes) is 1. The van der Waals surface area contributed by atoms with Crippen molar-refractivity contribution in [1.29, 1.82) is 0 Å². The van der Waals surface area contributed by atoms with Crippen molar-refractivity contribution in [3.63, 3.8) is 0 Å². The lowest BCUT2D eigenvalue weighted by atomic mass is 10.2. The Morgan fingerprint density at radius 2 is 1.93 bits per heavy atom. The van der Waals surface area contributed by atoms with E-state index in [4.69, 9.17) is 25.8 Å². The third-order valence-corrected chi connectivity index (χ3v) is 4.15. The summed E-state index contributed by atoms with van der Waals surface area (Å²) in [4.78, 5) is 34.7. The van der Waals surface area contributed by atoms with E-state index in [-0.39, 0.29) is 22.0 Å². The SMILES string of the molecule is CCCCOc1ccc(C(=O)OCC(=O)Nc2ccc(Cl)cc2[N+](=O)[O-])cc1OC. The fourth-order valence-electron chi connectivity index (χ4n) is 2.40. The summed E-state index contributed by atoms with van der Waals surface area (Å²) < 4.78 is 15.8. The minimum absolute atomic E-state index is 0.0549. The summed E-state index contributed by atoms with van der Waals surface area (Å²) >= 11 is 5.73. The smallest absolute Gasteiger partial charge is 0.338 e. The van der Waals surface area contributed by atoms with E-state index in [1.165, 1.54) is 31.4 Å². The number of carbonyl (C=O) groups excluding carboxylic acids is 2. The highest BCUT2D eigenvalue weighted by atomic mass is 35.5. The number of hydrogen-bond acceptors (Lipinski definition) is 7. The molecule has 160 valence electrons. The number of esters is 1. The molecule has 1 N–H and O–H groups in total. The molecule has 0 saturated heterocycles. The summed E-state index contributed by atoms with van der Waals surface area (Å²) in [7, 11) is 1.45. The monoisotopic (exact) mass is 436 g/mol. The molecule has 2 aromatic carbocycles. The van der Waals surface area contributed by atoms with Crippen LogP contribution in [-0.4, -0.2) is 37.1 Å². The largest absolute Gasteiger partial charge is 0.493 e. The number of hydrogen-bond donors (Lipinski definition) is 1. The Balaban J connectivity index is 1.98. The molecule has 0 spiro atoms. The Morgan fingerprint density at radius 1 is 1.17 bits per heavy atom. The third-order valence-electron chi connectivity index (χ3n) is 3.92. The van der Waals surface area contributed by atoms with Gasteiger partial charge in [0.2, 0.25) is 0 Å². The Morgan fingerprint density at radius 3 is 2.60 bits per heavy atom. The zero-order valence-corrected chi connectivity index (χ0v) is 17.2. The molecule has 0 bridgehead atoms. The first-order valence-corrected chi connectivity index (χ1v) is 9.45. The summed E-state index contributed by atoms with van der Waals surface area (Å²) in [6.07, 6.45) is 1.86. The normalized spacial score (nSPS) is 10.2. The summed E-state index contributed by atoms with van der Waals surface area (Å²) in [5, 5.41) is 13.5. The molecule has 0 atom stereocenters. The van der Waals surface area contributed by atoms with Gasteiger partial charge in [0, 0.05) is 11.1 Å². The molecule has 2 rings (SSSR count). The lowest BCUT2D eigenvalue weighted by molar-refractivity contribution is -0.383. The number of nitrogens with one attached hydrogen (secondary N) is 1. The molecule has 0 aliphatic rings. The zero-order valence-electron chi connectivity index (χ0n) is 16.5. The van der Waals surface area contributed by atoms with E-state index in [2.05, 4.69) is 5.32 Å². The molecule has 0 radical (unpaired) electrons. The molecule has 0 saturated carbocycles. The van der Waals surface area contributed by atoms with Crippen molar-refractivity contribution in [3.8, 4) is 11.5 Å². The molecule has 0 fully saturated rings. The van der Waals surface area contributed by atoms with Gasteiger partial charge in [-0.25, -0.2) is 4.79 Å². The molecule has 0 heterocycles. The second-order valence-electron chi connectivity index (χ2n) is 6.11. The van der Waals surface area contributed by atoms with E-state index in [9.17, 15) is 19.7 Å². The van der Waals surface area contributed by atoms with Crippen LogP contribution < -0.4 is 14.8 Å². The number of halogens is 1. The maximum Gasteiger partial charge on any atom is 0.338 e. The lowest BCUT2D eigenvalue weighted by Crippen LogP contribution is -2.21. The molecular formula is C20H21ClN2O7. The van der Waals surface area contributed by atoms with Crippen LogP contribution in [-0.2, 0) is 9.53 Å². The lowest BCUT2D eigenvalue weighted by Gasteiger charge is -2.12. The fraction of sp³-hybridized carbons (Fsp3) is 0.300. The van der Waals surface area contributed by atoms with Crippen LogP contribution in [0.15, 0.2) is 36.4 Å². The van der Waals surface area contributed by atoms with Gasteiger partial charge in [0.15, 0.2) is 18.1 Å². The fourth-order valence-corrected chi connectivity index (χ4v) is 2.57. The number of nitrogens with zero attached hydrogens (tertiary/aromatic N) is 1. The average Bonchev–Trinajstić information content (AvgIpc) is 2.73. The van der Waals surface area contributed by atoms with Gasteiger partial charge in [-0.05, 0) is 36.8 Å². The van der Waals surface area contributed by atoms with E-state index in [0.29, 0.717) is 18.1 Å². The predicted octanol–water partition coefficient (Wildman–Crippen LogP) is 4.23. The van der Waals surface area contributed by atoms with Gasteiger partial charge in [-0.2, -0.15) is 0 Å². The van der Waals surface area contributed by atoms with E-state index in [1.807, 2.05) is 6.92 Å². The van der Waals surface area contributed by atoms with E-state index in [0.717, 1.165) is 18.9 Å². The Bertz CT molecular complexity index is 933. The molecule has 0 aromatic heterocycles. The Hall–Kier alpha value is -3.33. The van der Waals surface area contributed by atoms with Crippen molar-refractivity contribution in [2.24, 2.45) is 0 Å². The van der Waals surface area contributed by atoms with Gasteiger partial charge in [-0.1, -0.05) is 24.9 Å². The first kappa shape index (κ1) is 23.0. The van der Waals surface area contributed by atoms with E-state index < -0.39 is 23.4 Å². The van der Waals surface area contributed by atoms with Crippen LogP contribution in [0.5, 0.6) is 11.5 Å². The molecule has 2 aromatic rings. The summed E-state index contributed by atoms with van der Waals surface area (Å²) in [6, 6.07) is 8.33. The number of rotatable bonds is 10. The number of nitro benzene ring substituents is 1. The number of benzene rings is 2. The van der Waals surface area contributed by atoms with Crippen LogP contribution in [0.2, 0.25) is 5.02 Å². The van der Waals surface area contributed by atoms with Crippen LogP contribution in [0.3, 0.4) is 0 Å². The average molecular weight is 437 g/mol. The maximum absolute atomic E-state index is 12.2. The van der Waals surface area contributed by atoms with Crippen molar-refractivity contribution < 1.29 is 28.7 Å². The summed E-state index contributed by atoms with van der Waals surface area (Å²) in [6.45, 7) is 1.93. The number of carbonyl (C=O) groups is 2. The van der Waals surface area contributed by atoms with Gasteiger partial charge in [-0.3, -0.25) is 14.9 Å². The molecule has 0 aliphatic heterocycles. The van der Waals surface area contributed by atoms with Gasteiger partial charge in [0.05, 0.1) is 24.2 Å². The third kappa shape index (κ3) is 6.35. The molecule has 1 amide bonds. The molecule has 0 unspecified atom stereocenters. The van der Waals surface area contributed by atoms with Crippen LogP contribution in [0.1, 0.15) is 30.1 Å². The Labute approximate surface area is 178 Å². The number of amides is 1. The van der Waals surface area contributed by atoms with Gasteiger partial charge in [0.25, 0.3) is 11.6 Å². The minimum Gasteiger partial charge on any atom is -0.493 e. The molecule has 10 heteroatoms. The van der Waals surface area contributed by atoms with Crippen LogP contribution in [0.4, 0.5) is 11.4 Å². The van der Waals surface area contributed by atoms with E-state index in [1.54, 1.807) is 6.07 Å². The van der Waals surface area contributed by atoms with Crippen LogP contribution >= 0.6 is 11.6 Å². The highest BCUT2D eigenvalue weighted by molar-refractivity contribution is 6.31. The second kappa shape index (κ2) is 11.0. The standard InChI is InChI=1S/C20H21ClN2O7/c1-3-4-9-29-17-8-5-13(10-18(17)28-2)20(25)30-12-19(24)22-15-7-6-14(21)11-16(15)23(26)27/h5-8,10-11H,3-4,9,12H2,1-2H3,(H,22,24). The van der Waals surface area contributed by atoms with Gasteiger partial charge in [-0.15, -0.1) is 0 Å². The van der Waals surface area contributed by atoms with Crippen molar-refractivity contribution in [3.05, 3.63) is 57.1 Å². The molecule has 9 nitrogen and oxygen atoms in total. The van der Waals surface area contributed by atoms with Crippen LogP contribution in [0.25, 0.3) is 0 Å².